The van der Waals surface area contributed by atoms with E-state index in [9.17, 15) is 18.3 Å². The van der Waals surface area contributed by atoms with Crippen LogP contribution in [-0.2, 0) is 0 Å². The van der Waals surface area contributed by atoms with Crippen LogP contribution < -0.4 is 5.73 Å². The van der Waals surface area contributed by atoms with Crippen LogP contribution in [0.15, 0.2) is 0 Å². The number of hydrogen-bond acceptors (Lipinski definition) is 2. The SMILES string of the molecule is CC1CCC(C(O)(CN)C(F)(F)F)CC1. The molecule has 0 bridgehead atoms. The van der Waals surface area contributed by atoms with Crippen molar-refractivity contribution in [3.8, 4) is 0 Å². The van der Waals surface area contributed by atoms with E-state index in [1.54, 1.807) is 0 Å². The first-order valence-electron chi connectivity index (χ1n) is 5.30. The monoisotopic (exact) mass is 225 g/mol. The van der Waals surface area contributed by atoms with Gasteiger partial charge >= 0.3 is 6.18 Å². The Morgan fingerprint density at radius 3 is 2.00 bits per heavy atom. The summed E-state index contributed by atoms with van der Waals surface area (Å²) in [4.78, 5) is 0. The van der Waals surface area contributed by atoms with E-state index in [0.29, 0.717) is 18.8 Å². The van der Waals surface area contributed by atoms with Gasteiger partial charge in [0, 0.05) is 6.54 Å². The van der Waals surface area contributed by atoms with Crippen LogP contribution in [0.1, 0.15) is 32.6 Å². The van der Waals surface area contributed by atoms with Crippen LogP contribution >= 0.6 is 0 Å². The van der Waals surface area contributed by atoms with E-state index < -0.39 is 24.2 Å². The van der Waals surface area contributed by atoms with Crippen LogP contribution in [0.3, 0.4) is 0 Å². The molecule has 5 heteroatoms. The Morgan fingerprint density at radius 2 is 1.67 bits per heavy atom. The smallest absolute Gasteiger partial charge is 0.379 e. The second-order valence-electron chi connectivity index (χ2n) is 4.58. The minimum Gasteiger partial charge on any atom is -0.379 e. The summed E-state index contributed by atoms with van der Waals surface area (Å²) in [6.45, 7) is 1.28. The molecule has 0 saturated heterocycles. The highest BCUT2D eigenvalue weighted by atomic mass is 19.4. The van der Waals surface area contributed by atoms with Crippen LogP contribution in [0.2, 0.25) is 0 Å². The Balaban J connectivity index is 2.74. The van der Waals surface area contributed by atoms with Gasteiger partial charge in [-0.2, -0.15) is 13.2 Å². The first kappa shape index (κ1) is 12.8. The summed E-state index contributed by atoms with van der Waals surface area (Å²) in [7, 11) is 0. The highest BCUT2D eigenvalue weighted by molar-refractivity contribution is 4.95. The maximum atomic E-state index is 12.7. The Hall–Kier alpha value is -0.290. The quantitative estimate of drug-likeness (QED) is 0.755. The average Bonchev–Trinajstić information content (AvgIpc) is 2.16. The van der Waals surface area contributed by atoms with Crippen molar-refractivity contribution in [1.82, 2.24) is 0 Å². The number of nitrogens with two attached hydrogens (primary N) is 1. The van der Waals surface area contributed by atoms with E-state index in [-0.39, 0.29) is 0 Å². The van der Waals surface area contributed by atoms with Gasteiger partial charge in [0.05, 0.1) is 0 Å². The molecule has 0 radical (unpaired) electrons. The first-order valence-corrected chi connectivity index (χ1v) is 5.30. The maximum Gasteiger partial charge on any atom is 0.418 e. The largest absolute Gasteiger partial charge is 0.418 e. The molecule has 1 unspecified atom stereocenters. The Bertz CT molecular complexity index is 211. The van der Waals surface area contributed by atoms with E-state index in [4.69, 9.17) is 5.73 Å². The van der Waals surface area contributed by atoms with Crippen molar-refractivity contribution in [3.05, 3.63) is 0 Å². The summed E-state index contributed by atoms with van der Waals surface area (Å²) in [5.41, 5.74) is 2.40. The molecular weight excluding hydrogens is 207 g/mol. The van der Waals surface area contributed by atoms with Crippen molar-refractivity contribution in [3.63, 3.8) is 0 Å². The molecule has 0 aromatic carbocycles. The van der Waals surface area contributed by atoms with Crippen LogP contribution in [-0.4, -0.2) is 23.4 Å². The van der Waals surface area contributed by atoms with Crippen molar-refractivity contribution >= 4 is 0 Å². The summed E-state index contributed by atoms with van der Waals surface area (Å²) < 4.78 is 38.0. The second-order valence-corrected chi connectivity index (χ2v) is 4.58. The van der Waals surface area contributed by atoms with Gasteiger partial charge in [-0.15, -0.1) is 0 Å². The molecule has 0 aromatic rings. The summed E-state index contributed by atoms with van der Waals surface area (Å²) in [6.07, 6.45) is -2.32. The van der Waals surface area contributed by atoms with Crippen LogP contribution in [0.25, 0.3) is 0 Å². The van der Waals surface area contributed by atoms with Crippen molar-refractivity contribution < 1.29 is 18.3 Å². The molecule has 1 aliphatic carbocycles. The third-order valence-corrected chi connectivity index (χ3v) is 3.49. The number of rotatable bonds is 2. The van der Waals surface area contributed by atoms with E-state index in [2.05, 4.69) is 0 Å². The predicted molar refractivity (Wildman–Crippen MR) is 51.2 cm³/mol. The summed E-state index contributed by atoms with van der Waals surface area (Å²) >= 11 is 0. The maximum absolute atomic E-state index is 12.7. The molecule has 90 valence electrons. The highest BCUT2D eigenvalue weighted by Crippen LogP contribution is 2.43. The van der Waals surface area contributed by atoms with E-state index in [0.717, 1.165) is 12.8 Å². The van der Waals surface area contributed by atoms with E-state index >= 15 is 0 Å². The molecule has 1 atom stereocenters. The van der Waals surface area contributed by atoms with Crippen LogP contribution in [0.5, 0.6) is 0 Å². The van der Waals surface area contributed by atoms with E-state index in [1.165, 1.54) is 0 Å². The van der Waals surface area contributed by atoms with Crippen molar-refractivity contribution in [2.75, 3.05) is 6.54 Å². The molecule has 0 aromatic heterocycles. The molecule has 0 aliphatic heterocycles. The zero-order valence-electron chi connectivity index (χ0n) is 8.85. The van der Waals surface area contributed by atoms with Crippen molar-refractivity contribution in [2.24, 2.45) is 17.6 Å². The fourth-order valence-electron chi connectivity index (χ4n) is 2.25. The van der Waals surface area contributed by atoms with Gasteiger partial charge in [0.2, 0.25) is 0 Å². The molecular formula is C10H18F3NO. The normalized spacial score (nSPS) is 32.4. The lowest BCUT2D eigenvalue weighted by molar-refractivity contribution is -0.278. The van der Waals surface area contributed by atoms with Gasteiger partial charge in [0.25, 0.3) is 0 Å². The van der Waals surface area contributed by atoms with Crippen molar-refractivity contribution in [1.29, 1.82) is 0 Å². The summed E-state index contributed by atoms with van der Waals surface area (Å²) in [5, 5.41) is 9.62. The summed E-state index contributed by atoms with van der Waals surface area (Å²) in [6, 6.07) is 0. The highest BCUT2D eigenvalue weighted by Gasteiger charge is 2.57. The fourth-order valence-corrected chi connectivity index (χ4v) is 2.25. The van der Waals surface area contributed by atoms with Gasteiger partial charge in [-0.25, -0.2) is 0 Å². The van der Waals surface area contributed by atoms with Gasteiger partial charge in [-0.3, -0.25) is 0 Å². The molecule has 0 amide bonds. The molecule has 2 nitrogen and oxygen atoms in total. The Morgan fingerprint density at radius 1 is 1.20 bits per heavy atom. The lowest BCUT2D eigenvalue weighted by atomic mass is 9.73. The van der Waals surface area contributed by atoms with Crippen LogP contribution in [0.4, 0.5) is 13.2 Å². The molecule has 1 saturated carbocycles. The molecule has 1 aliphatic rings. The number of aliphatic hydroxyl groups is 1. The van der Waals surface area contributed by atoms with Gasteiger partial charge in [0.1, 0.15) is 0 Å². The minimum atomic E-state index is -4.62. The standard InChI is InChI=1S/C10H18F3NO/c1-7-2-4-8(5-3-7)9(15,6-14)10(11,12)13/h7-8,15H,2-6,14H2,1H3. The molecule has 1 rings (SSSR count). The summed E-state index contributed by atoms with van der Waals surface area (Å²) in [5.74, 6) is -0.282. The van der Waals surface area contributed by atoms with Gasteiger partial charge < -0.3 is 10.8 Å². The number of hydrogen-bond donors (Lipinski definition) is 2. The van der Waals surface area contributed by atoms with Gasteiger partial charge in [-0.1, -0.05) is 19.8 Å². The average molecular weight is 225 g/mol. The fraction of sp³-hybridized carbons (Fsp3) is 1.00. The predicted octanol–water partition coefficient (Wildman–Crippen LogP) is 2.06. The van der Waals surface area contributed by atoms with Crippen molar-refractivity contribution in [2.45, 2.75) is 44.4 Å². The first-order chi connectivity index (χ1) is 6.81. The third kappa shape index (κ3) is 2.45. The lowest BCUT2D eigenvalue weighted by Crippen LogP contribution is -2.57. The zero-order valence-corrected chi connectivity index (χ0v) is 8.85. The van der Waals surface area contributed by atoms with E-state index in [1.807, 2.05) is 6.92 Å². The topological polar surface area (TPSA) is 46.2 Å². The molecule has 0 heterocycles. The second kappa shape index (κ2) is 4.29. The Labute approximate surface area is 87.6 Å². The zero-order chi connectivity index (χ0) is 11.7. The third-order valence-electron chi connectivity index (χ3n) is 3.49. The molecule has 1 fully saturated rings. The number of halogens is 3. The molecule has 15 heavy (non-hydrogen) atoms. The van der Waals surface area contributed by atoms with Crippen LogP contribution in [0, 0.1) is 11.8 Å². The molecule has 0 spiro atoms. The minimum absolute atomic E-state index is 0.411. The van der Waals surface area contributed by atoms with Gasteiger partial charge in [-0.05, 0) is 24.7 Å². The Kier molecular flexibility index (Phi) is 3.66. The van der Waals surface area contributed by atoms with Gasteiger partial charge in [0.15, 0.2) is 5.60 Å². The molecule has 3 N–H and O–H groups in total. The number of alkyl halides is 3. The lowest BCUT2D eigenvalue weighted by Gasteiger charge is -2.40.